The summed E-state index contributed by atoms with van der Waals surface area (Å²) >= 11 is 0. The Balaban J connectivity index is 3.01. The van der Waals surface area contributed by atoms with Crippen molar-refractivity contribution in [3.05, 3.63) is 48.0 Å². The van der Waals surface area contributed by atoms with Crippen LogP contribution in [-0.4, -0.2) is 35.5 Å². The minimum atomic E-state index is -1.29. The van der Waals surface area contributed by atoms with Crippen molar-refractivity contribution in [3.8, 4) is 0 Å². The lowest BCUT2D eigenvalue weighted by Crippen LogP contribution is -2.32. The summed E-state index contributed by atoms with van der Waals surface area (Å²) in [7, 11) is 1.34. The Kier molecular flexibility index (Phi) is 5.67. The van der Waals surface area contributed by atoms with Gasteiger partial charge in [0.25, 0.3) is 5.95 Å². The average molecular weight is 292 g/mol. The summed E-state index contributed by atoms with van der Waals surface area (Å²) in [6.45, 7) is 4.85. The molecular weight excluding hydrogens is 272 g/mol. The lowest BCUT2D eigenvalue weighted by molar-refractivity contribution is -0.128. The van der Waals surface area contributed by atoms with Gasteiger partial charge in [0.15, 0.2) is 11.4 Å². The molecule has 0 aliphatic carbocycles. The van der Waals surface area contributed by atoms with Gasteiger partial charge >= 0.3 is 0 Å². The monoisotopic (exact) mass is 292 g/mol. The Morgan fingerprint density at radius 2 is 2.10 bits per heavy atom. The van der Waals surface area contributed by atoms with Crippen molar-refractivity contribution < 1.29 is 24.2 Å². The predicted octanol–water partition coefficient (Wildman–Crippen LogP) is 1.84. The van der Waals surface area contributed by atoms with Crippen LogP contribution in [0, 0.1) is 0 Å². The molecule has 5 heteroatoms. The van der Waals surface area contributed by atoms with E-state index in [-0.39, 0.29) is 11.5 Å². The van der Waals surface area contributed by atoms with Crippen molar-refractivity contribution in [2.24, 2.45) is 0 Å². The van der Waals surface area contributed by atoms with E-state index < -0.39 is 23.3 Å². The SMILES string of the molecule is CC=CC(=O)C1=C(OC)O[C@](C)(C=CC=C[C@H](C)O)C1=O. The van der Waals surface area contributed by atoms with E-state index in [1.807, 2.05) is 0 Å². The number of carbonyl (C=O) groups excluding carboxylic acids is 2. The Hall–Kier alpha value is -2.14. The van der Waals surface area contributed by atoms with E-state index in [0.717, 1.165) is 0 Å². The molecule has 0 aromatic heterocycles. The number of carbonyl (C=O) groups is 2. The summed E-state index contributed by atoms with van der Waals surface area (Å²) in [5, 5.41) is 9.12. The maximum atomic E-state index is 12.4. The first kappa shape index (κ1) is 16.9. The Morgan fingerprint density at radius 3 is 2.62 bits per heavy atom. The molecule has 1 N–H and O–H groups in total. The van der Waals surface area contributed by atoms with Gasteiger partial charge in [-0.05, 0) is 32.9 Å². The van der Waals surface area contributed by atoms with Gasteiger partial charge in [-0.15, -0.1) is 0 Å². The minimum Gasteiger partial charge on any atom is -0.468 e. The first-order chi connectivity index (χ1) is 9.85. The second kappa shape index (κ2) is 7.04. The minimum absolute atomic E-state index is 0.0743. The molecule has 1 rings (SSSR count). The summed E-state index contributed by atoms with van der Waals surface area (Å²) in [5.41, 5.74) is -1.39. The molecule has 1 heterocycles. The number of methoxy groups -OCH3 is 1. The van der Waals surface area contributed by atoms with Gasteiger partial charge in [0, 0.05) is 0 Å². The number of hydrogen-bond acceptors (Lipinski definition) is 5. The maximum Gasteiger partial charge on any atom is 0.295 e. The highest BCUT2D eigenvalue weighted by atomic mass is 16.7. The van der Waals surface area contributed by atoms with Crippen LogP contribution in [0.4, 0.5) is 0 Å². The lowest BCUT2D eigenvalue weighted by atomic mass is 9.94. The van der Waals surface area contributed by atoms with Gasteiger partial charge in [-0.1, -0.05) is 24.3 Å². The fourth-order valence-electron chi connectivity index (χ4n) is 1.80. The molecule has 0 aromatic rings. The van der Waals surface area contributed by atoms with Crippen molar-refractivity contribution in [2.75, 3.05) is 7.11 Å². The molecule has 0 unspecified atom stereocenters. The standard InChI is InChI=1S/C16H20O5/c1-5-8-12(18)13-14(19)16(3,21-15(13)20-4)10-7-6-9-11(2)17/h5-11,17H,1-4H3/t11-,16+/m0/s1. The second-order valence-electron chi connectivity index (χ2n) is 4.75. The van der Waals surface area contributed by atoms with Crippen LogP contribution < -0.4 is 0 Å². The highest BCUT2D eigenvalue weighted by Crippen LogP contribution is 2.32. The van der Waals surface area contributed by atoms with E-state index in [1.165, 1.54) is 19.3 Å². The van der Waals surface area contributed by atoms with E-state index in [4.69, 9.17) is 14.6 Å². The van der Waals surface area contributed by atoms with Crippen LogP contribution >= 0.6 is 0 Å². The number of ether oxygens (including phenoxy) is 2. The molecule has 5 nitrogen and oxygen atoms in total. The first-order valence-electron chi connectivity index (χ1n) is 6.59. The third kappa shape index (κ3) is 3.92. The van der Waals surface area contributed by atoms with Gasteiger partial charge < -0.3 is 14.6 Å². The number of aliphatic hydroxyl groups is 1. The number of allylic oxidation sites excluding steroid dienone is 4. The number of Topliss-reactive ketones (excluding diaryl/α,β-unsaturated/α-hetero) is 1. The summed E-state index contributed by atoms with van der Waals surface area (Å²) < 4.78 is 10.5. The van der Waals surface area contributed by atoms with Gasteiger partial charge in [0.2, 0.25) is 5.78 Å². The molecule has 0 fully saturated rings. The molecule has 0 saturated carbocycles. The van der Waals surface area contributed by atoms with Crippen LogP contribution in [-0.2, 0) is 19.1 Å². The average Bonchev–Trinajstić information content (AvgIpc) is 2.67. The second-order valence-corrected chi connectivity index (χ2v) is 4.75. The van der Waals surface area contributed by atoms with Gasteiger partial charge in [-0.25, -0.2) is 0 Å². The summed E-state index contributed by atoms with van der Waals surface area (Å²) in [6.07, 6.45) is 8.51. The lowest BCUT2D eigenvalue weighted by Gasteiger charge is -2.18. The van der Waals surface area contributed by atoms with Gasteiger partial charge in [-0.2, -0.15) is 0 Å². The number of rotatable bonds is 6. The molecule has 0 spiro atoms. The zero-order valence-electron chi connectivity index (χ0n) is 12.6. The highest BCUT2D eigenvalue weighted by molar-refractivity contribution is 6.28. The number of ketones is 2. The van der Waals surface area contributed by atoms with Crippen LogP contribution in [0.1, 0.15) is 20.8 Å². The van der Waals surface area contributed by atoms with Crippen molar-refractivity contribution in [1.82, 2.24) is 0 Å². The van der Waals surface area contributed by atoms with Crippen LogP contribution in [0.5, 0.6) is 0 Å². The van der Waals surface area contributed by atoms with Crippen molar-refractivity contribution in [1.29, 1.82) is 0 Å². The first-order valence-corrected chi connectivity index (χ1v) is 6.59. The summed E-state index contributed by atoms with van der Waals surface area (Å²) in [4.78, 5) is 24.3. The van der Waals surface area contributed by atoms with Crippen LogP contribution in [0.2, 0.25) is 0 Å². The smallest absolute Gasteiger partial charge is 0.295 e. The summed E-state index contributed by atoms with van der Waals surface area (Å²) in [6, 6.07) is 0. The highest BCUT2D eigenvalue weighted by Gasteiger charge is 2.47. The zero-order valence-corrected chi connectivity index (χ0v) is 12.6. The molecule has 0 bridgehead atoms. The molecule has 2 atom stereocenters. The van der Waals surface area contributed by atoms with E-state index >= 15 is 0 Å². The third-order valence-electron chi connectivity index (χ3n) is 2.85. The summed E-state index contributed by atoms with van der Waals surface area (Å²) in [5.74, 6) is -0.977. The maximum absolute atomic E-state index is 12.4. The third-order valence-corrected chi connectivity index (χ3v) is 2.85. The molecule has 21 heavy (non-hydrogen) atoms. The van der Waals surface area contributed by atoms with E-state index in [2.05, 4.69) is 0 Å². The van der Waals surface area contributed by atoms with E-state index in [0.29, 0.717) is 0 Å². The predicted molar refractivity (Wildman–Crippen MR) is 78.3 cm³/mol. The molecule has 0 aromatic carbocycles. The largest absolute Gasteiger partial charge is 0.468 e. The van der Waals surface area contributed by atoms with Crippen LogP contribution in [0.15, 0.2) is 48.0 Å². The fraction of sp³-hybridized carbons (Fsp3) is 0.375. The molecule has 0 radical (unpaired) electrons. The quantitative estimate of drug-likeness (QED) is 0.459. The molecule has 114 valence electrons. The van der Waals surface area contributed by atoms with Gasteiger partial charge in [0.1, 0.15) is 5.57 Å². The van der Waals surface area contributed by atoms with Crippen molar-refractivity contribution in [3.63, 3.8) is 0 Å². The zero-order chi connectivity index (χ0) is 16.0. The normalized spacial score (nSPS) is 24.3. The molecular formula is C16H20O5. The molecule has 0 amide bonds. The Labute approximate surface area is 124 Å². The Bertz CT molecular complexity index is 537. The topological polar surface area (TPSA) is 72.8 Å². The van der Waals surface area contributed by atoms with Gasteiger partial charge in [0.05, 0.1) is 13.2 Å². The molecule has 1 aliphatic heterocycles. The van der Waals surface area contributed by atoms with Crippen molar-refractivity contribution >= 4 is 11.6 Å². The van der Waals surface area contributed by atoms with E-state index in [9.17, 15) is 9.59 Å². The van der Waals surface area contributed by atoms with Gasteiger partial charge in [-0.3, -0.25) is 9.59 Å². The van der Waals surface area contributed by atoms with Crippen molar-refractivity contribution in [2.45, 2.75) is 32.5 Å². The molecule has 1 aliphatic rings. The number of aliphatic hydroxyl groups excluding tert-OH is 1. The van der Waals surface area contributed by atoms with Crippen LogP contribution in [0.3, 0.4) is 0 Å². The Morgan fingerprint density at radius 1 is 1.43 bits per heavy atom. The fourth-order valence-corrected chi connectivity index (χ4v) is 1.80. The van der Waals surface area contributed by atoms with E-state index in [1.54, 1.807) is 45.1 Å². The van der Waals surface area contributed by atoms with Crippen LogP contribution in [0.25, 0.3) is 0 Å². The molecule has 0 saturated heterocycles. The number of hydrogen-bond donors (Lipinski definition) is 1.